The molecule has 0 saturated heterocycles. The van der Waals surface area contributed by atoms with Crippen molar-refractivity contribution in [2.45, 2.75) is 0 Å². The Morgan fingerprint density at radius 2 is 1.60 bits per heavy atom. The van der Waals surface area contributed by atoms with E-state index in [1.807, 2.05) is 23.6 Å². The van der Waals surface area contributed by atoms with E-state index in [1.165, 1.54) is 11.3 Å². The van der Waals surface area contributed by atoms with Gasteiger partial charge >= 0.3 is 0 Å². The highest BCUT2D eigenvalue weighted by Crippen LogP contribution is 2.26. The molecule has 0 aliphatic heterocycles. The zero-order valence-electron chi connectivity index (χ0n) is 10.9. The van der Waals surface area contributed by atoms with Gasteiger partial charge in [-0.2, -0.15) is 0 Å². The van der Waals surface area contributed by atoms with Gasteiger partial charge in [-0.15, -0.1) is 11.3 Å². The van der Waals surface area contributed by atoms with E-state index in [-0.39, 0.29) is 0 Å². The second kappa shape index (κ2) is 5.31. The van der Waals surface area contributed by atoms with Crippen LogP contribution in [0.5, 0.6) is 0 Å². The quantitative estimate of drug-likeness (QED) is 0.768. The molecule has 3 aromatic rings. The number of nitrogen functional groups attached to an aromatic ring is 1. The minimum absolute atomic E-state index is 0.595. The van der Waals surface area contributed by atoms with Gasteiger partial charge in [0.15, 0.2) is 5.13 Å². The highest BCUT2D eigenvalue weighted by atomic mass is 32.1. The van der Waals surface area contributed by atoms with Crippen molar-refractivity contribution in [1.82, 2.24) is 4.98 Å². The first-order chi connectivity index (χ1) is 9.74. The van der Waals surface area contributed by atoms with E-state index in [4.69, 9.17) is 5.73 Å². The molecule has 0 unspecified atom stereocenters. The van der Waals surface area contributed by atoms with Crippen LogP contribution in [0, 0.1) is 0 Å². The Labute approximate surface area is 122 Å². The third-order valence-corrected chi connectivity index (χ3v) is 3.85. The molecule has 0 amide bonds. The van der Waals surface area contributed by atoms with Crippen molar-refractivity contribution in [3.63, 3.8) is 0 Å². The summed E-state index contributed by atoms with van der Waals surface area (Å²) in [5.74, 6) is 0. The van der Waals surface area contributed by atoms with Crippen molar-refractivity contribution in [2.75, 3.05) is 5.73 Å². The third kappa shape index (κ3) is 2.49. The molecule has 3 heteroatoms. The largest absolute Gasteiger partial charge is 0.375 e. The van der Waals surface area contributed by atoms with Gasteiger partial charge in [0.05, 0.1) is 5.69 Å². The average Bonchev–Trinajstić information content (AvgIpc) is 2.94. The molecule has 20 heavy (non-hydrogen) atoms. The Bertz CT molecular complexity index is 727. The van der Waals surface area contributed by atoms with Gasteiger partial charge in [-0.25, -0.2) is 4.98 Å². The van der Waals surface area contributed by atoms with Crippen molar-refractivity contribution < 1.29 is 0 Å². The zero-order valence-corrected chi connectivity index (χ0v) is 11.7. The van der Waals surface area contributed by atoms with Crippen molar-refractivity contribution in [3.8, 4) is 11.3 Å². The monoisotopic (exact) mass is 278 g/mol. The Hall–Kier alpha value is -2.39. The van der Waals surface area contributed by atoms with Gasteiger partial charge in [-0.1, -0.05) is 61.2 Å². The molecular formula is C17H14N2S. The Kier molecular flexibility index (Phi) is 3.35. The Morgan fingerprint density at radius 1 is 0.950 bits per heavy atom. The van der Waals surface area contributed by atoms with Crippen molar-refractivity contribution >= 4 is 22.0 Å². The molecule has 1 aromatic heterocycles. The van der Waals surface area contributed by atoms with Gasteiger partial charge in [0.2, 0.25) is 0 Å². The van der Waals surface area contributed by atoms with Gasteiger partial charge in [0, 0.05) is 10.9 Å². The lowest BCUT2D eigenvalue weighted by molar-refractivity contribution is 1.41. The molecule has 0 spiro atoms. The summed E-state index contributed by atoms with van der Waals surface area (Å²) in [5, 5.41) is 2.56. The SMILES string of the molecule is C=C(c1ccccc1)c1ccc(-c2csc(N)n2)cc1. The van der Waals surface area contributed by atoms with Crippen LogP contribution in [0.4, 0.5) is 5.13 Å². The van der Waals surface area contributed by atoms with Crippen LogP contribution in [0.3, 0.4) is 0 Å². The number of nitrogens with two attached hydrogens (primary N) is 1. The molecule has 0 aliphatic rings. The summed E-state index contributed by atoms with van der Waals surface area (Å²) in [6, 6.07) is 18.4. The van der Waals surface area contributed by atoms with E-state index in [9.17, 15) is 0 Å². The van der Waals surface area contributed by atoms with Crippen LogP contribution in [0.2, 0.25) is 0 Å². The molecule has 2 aromatic carbocycles. The number of benzene rings is 2. The summed E-state index contributed by atoms with van der Waals surface area (Å²) >= 11 is 1.46. The predicted octanol–water partition coefficient (Wildman–Crippen LogP) is 4.45. The van der Waals surface area contributed by atoms with Crippen molar-refractivity contribution in [3.05, 3.63) is 77.7 Å². The first-order valence-corrected chi connectivity index (χ1v) is 7.18. The first-order valence-electron chi connectivity index (χ1n) is 6.30. The first kappa shape index (κ1) is 12.6. The van der Waals surface area contributed by atoms with Crippen LogP contribution in [-0.4, -0.2) is 4.98 Å². The van der Waals surface area contributed by atoms with Gasteiger partial charge in [0.25, 0.3) is 0 Å². The lowest BCUT2D eigenvalue weighted by atomic mass is 9.98. The summed E-state index contributed by atoms with van der Waals surface area (Å²) in [6.45, 7) is 4.17. The number of hydrogen-bond donors (Lipinski definition) is 1. The summed E-state index contributed by atoms with van der Waals surface area (Å²) in [7, 11) is 0. The maximum absolute atomic E-state index is 5.66. The summed E-state index contributed by atoms with van der Waals surface area (Å²) in [5.41, 5.74) is 10.9. The van der Waals surface area contributed by atoms with Gasteiger partial charge in [0.1, 0.15) is 0 Å². The van der Waals surface area contributed by atoms with E-state index >= 15 is 0 Å². The van der Waals surface area contributed by atoms with Crippen LogP contribution in [-0.2, 0) is 0 Å². The average molecular weight is 278 g/mol. The smallest absolute Gasteiger partial charge is 0.180 e. The van der Waals surface area contributed by atoms with E-state index in [1.54, 1.807) is 0 Å². The molecular weight excluding hydrogens is 264 g/mol. The number of rotatable bonds is 3. The maximum Gasteiger partial charge on any atom is 0.180 e. The summed E-state index contributed by atoms with van der Waals surface area (Å²) in [6.07, 6.45) is 0. The molecule has 2 N–H and O–H groups in total. The fraction of sp³-hybridized carbons (Fsp3) is 0. The fourth-order valence-electron chi connectivity index (χ4n) is 2.07. The summed E-state index contributed by atoms with van der Waals surface area (Å²) in [4.78, 5) is 4.29. The lowest BCUT2D eigenvalue weighted by Gasteiger charge is -2.07. The topological polar surface area (TPSA) is 38.9 Å². The molecule has 1 heterocycles. The number of nitrogens with zero attached hydrogens (tertiary/aromatic N) is 1. The standard InChI is InChI=1S/C17H14N2S/c1-12(13-5-3-2-4-6-13)14-7-9-15(10-8-14)16-11-20-17(18)19-16/h2-11H,1H2,(H2,18,19). The molecule has 0 radical (unpaired) electrons. The minimum atomic E-state index is 0.595. The summed E-state index contributed by atoms with van der Waals surface area (Å²) < 4.78 is 0. The second-order valence-electron chi connectivity index (χ2n) is 4.49. The number of hydrogen-bond acceptors (Lipinski definition) is 3. The van der Waals surface area contributed by atoms with Crippen molar-refractivity contribution in [1.29, 1.82) is 0 Å². The van der Waals surface area contributed by atoms with Gasteiger partial charge in [-0.3, -0.25) is 0 Å². The molecule has 0 bridgehead atoms. The Morgan fingerprint density at radius 3 is 2.20 bits per heavy atom. The number of anilines is 1. The highest BCUT2D eigenvalue weighted by molar-refractivity contribution is 7.13. The fourth-order valence-corrected chi connectivity index (χ4v) is 2.64. The zero-order chi connectivity index (χ0) is 13.9. The molecule has 98 valence electrons. The molecule has 3 rings (SSSR count). The van der Waals surface area contributed by atoms with E-state index in [2.05, 4.69) is 48.0 Å². The van der Waals surface area contributed by atoms with Gasteiger partial charge < -0.3 is 5.73 Å². The number of thiazole rings is 1. The van der Waals surface area contributed by atoms with Crippen LogP contribution >= 0.6 is 11.3 Å². The lowest BCUT2D eigenvalue weighted by Crippen LogP contribution is -1.87. The third-order valence-electron chi connectivity index (χ3n) is 3.17. The normalized spacial score (nSPS) is 10.4. The maximum atomic E-state index is 5.66. The molecule has 0 fully saturated rings. The molecule has 0 saturated carbocycles. The van der Waals surface area contributed by atoms with Crippen LogP contribution in [0.15, 0.2) is 66.6 Å². The number of aromatic nitrogens is 1. The Balaban J connectivity index is 1.88. The highest BCUT2D eigenvalue weighted by Gasteiger charge is 2.05. The van der Waals surface area contributed by atoms with E-state index < -0.39 is 0 Å². The minimum Gasteiger partial charge on any atom is -0.375 e. The second-order valence-corrected chi connectivity index (χ2v) is 5.38. The van der Waals surface area contributed by atoms with Crippen LogP contribution < -0.4 is 5.73 Å². The molecule has 0 aliphatic carbocycles. The van der Waals surface area contributed by atoms with E-state index in [0.29, 0.717) is 5.13 Å². The molecule has 0 atom stereocenters. The molecule has 2 nitrogen and oxygen atoms in total. The van der Waals surface area contributed by atoms with E-state index in [0.717, 1.165) is 28.0 Å². The van der Waals surface area contributed by atoms with Gasteiger partial charge in [-0.05, 0) is 16.7 Å². The van der Waals surface area contributed by atoms with Crippen molar-refractivity contribution in [2.24, 2.45) is 0 Å². The van der Waals surface area contributed by atoms with Crippen LogP contribution in [0.25, 0.3) is 16.8 Å². The predicted molar refractivity (Wildman–Crippen MR) is 86.5 cm³/mol. The van der Waals surface area contributed by atoms with Crippen LogP contribution in [0.1, 0.15) is 11.1 Å².